The first kappa shape index (κ1) is 24.8. The number of hydrogen-bond donors (Lipinski definition) is 2. The number of rotatable bonds is 5. The van der Waals surface area contributed by atoms with Gasteiger partial charge < -0.3 is 24.5 Å². The van der Waals surface area contributed by atoms with Crippen LogP contribution in [0.15, 0.2) is 69.4 Å². The van der Waals surface area contributed by atoms with Crippen molar-refractivity contribution in [2.75, 3.05) is 0 Å². The Morgan fingerprint density at radius 2 is 1.80 bits per heavy atom. The first-order valence-electron chi connectivity index (χ1n) is 11.0. The maximum absolute atomic E-state index is 11.0. The van der Waals surface area contributed by atoms with Crippen molar-refractivity contribution in [2.45, 2.75) is 32.6 Å². The fourth-order valence-electron chi connectivity index (χ4n) is 4.30. The number of fused-ring (bicyclic) bond motifs is 1. The van der Waals surface area contributed by atoms with Gasteiger partial charge in [-0.05, 0) is 85.7 Å². The molecule has 0 amide bonds. The Bertz CT molecular complexity index is 1440. The van der Waals surface area contributed by atoms with E-state index in [-0.39, 0.29) is 64.0 Å². The molecule has 4 aromatic rings. The number of aromatic nitrogens is 1. The van der Waals surface area contributed by atoms with Gasteiger partial charge in [-0.2, -0.15) is 0 Å². The van der Waals surface area contributed by atoms with Crippen molar-refractivity contribution >= 4 is 17.3 Å². The van der Waals surface area contributed by atoms with Gasteiger partial charge in [0.2, 0.25) is 5.88 Å². The molecule has 5 rings (SSSR count). The third-order valence-corrected chi connectivity index (χ3v) is 6.09. The Morgan fingerprint density at radius 1 is 1.03 bits per heavy atom. The molecule has 0 unspecified atom stereocenters. The van der Waals surface area contributed by atoms with Gasteiger partial charge in [0.15, 0.2) is 11.4 Å². The fourth-order valence-corrected chi connectivity index (χ4v) is 4.30. The van der Waals surface area contributed by atoms with Gasteiger partial charge in [0, 0.05) is 11.9 Å². The second-order valence-electron chi connectivity index (χ2n) is 8.34. The molecule has 0 saturated heterocycles. The quantitative estimate of drug-likeness (QED) is 0.335. The van der Waals surface area contributed by atoms with Gasteiger partial charge in [-0.3, -0.25) is 4.57 Å². The summed E-state index contributed by atoms with van der Waals surface area (Å²) in [4.78, 5) is 11.0. The molecule has 0 aliphatic heterocycles. The molecule has 0 saturated carbocycles. The van der Waals surface area contributed by atoms with Crippen LogP contribution in [0.25, 0.3) is 17.0 Å². The zero-order valence-electron chi connectivity index (χ0n) is 19.5. The van der Waals surface area contributed by atoms with Crippen LogP contribution in [-0.2, 0) is 12.8 Å². The Balaban J connectivity index is 0.00000289. The summed E-state index contributed by atoms with van der Waals surface area (Å²) in [5.41, 5.74) is 4.94. The number of carbonyl (C=O) groups excluding carboxylic acids is 1. The van der Waals surface area contributed by atoms with Crippen molar-refractivity contribution < 1.29 is 54.1 Å². The number of hydrogen-bond acceptors (Lipinski definition) is 7. The van der Waals surface area contributed by atoms with Crippen molar-refractivity contribution in [1.82, 2.24) is 4.57 Å². The van der Waals surface area contributed by atoms with Crippen LogP contribution in [0, 0.1) is 6.92 Å². The van der Waals surface area contributed by atoms with Gasteiger partial charge in [-0.25, -0.2) is 0 Å². The van der Waals surface area contributed by atoms with Gasteiger partial charge in [0.05, 0.1) is 5.56 Å². The Morgan fingerprint density at radius 3 is 2.54 bits per heavy atom. The summed E-state index contributed by atoms with van der Waals surface area (Å²) in [5, 5.41) is 40.8. The number of aromatic carboxylic acids is 1. The maximum Gasteiger partial charge on any atom is 1.00 e. The van der Waals surface area contributed by atoms with Crippen LogP contribution in [0.5, 0.6) is 11.6 Å². The van der Waals surface area contributed by atoms with Gasteiger partial charge in [0.25, 0.3) is 0 Å². The summed E-state index contributed by atoms with van der Waals surface area (Å²) >= 11 is 0. The molecule has 0 radical (unpaired) electrons. The number of phenols is 1. The molecule has 35 heavy (non-hydrogen) atoms. The summed E-state index contributed by atoms with van der Waals surface area (Å²) in [6.45, 7) is 1.82. The van der Waals surface area contributed by atoms with E-state index < -0.39 is 5.97 Å². The van der Waals surface area contributed by atoms with E-state index in [1.165, 1.54) is 36.1 Å². The predicted molar refractivity (Wildman–Crippen MR) is 123 cm³/mol. The average molecular weight is 479 g/mol. The van der Waals surface area contributed by atoms with E-state index in [1.54, 1.807) is 29.0 Å². The second kappa shape index (κ2) is 10.1. The van der Waals surface area contributed by atoms with Crippen LogP contribution < -0.4 is 34.7 Å². The zero-order chi connectivity index (χ0) is 23.8. The number of azo groups is 1. The first-order chi connectivity index (χ1) is 16.4. The summed E-state index contributed by atoms with van der Waals surface area (Å²) < 4.78 is 6.90. The topological polar surface area (TPSA) is 123 Å². The number of aryl methyl sites for hydroxylation is 3. The van der Waals surface area contributed by atoms with Gasteiger partial charge >= 0.3 is 29.6 Å². The number of para-hydroxylation sites is 1. The summed E-state index contributed by atoms with van der Waals surface area (Å²) in [6, 6.07) is 13.6. The van der Waals surface area contributed by atoms with Crippen molar-refractivity contribution in [3.8, 4) is 28.6 Å². The van der Waals surface area contributed by atoms with E-state index in [1.807, 2.05) is 13.0 Å². The standard InChI is InChI=1S/C26H23N3O5.Na/c1-15-14-29(18-10-9-16-5-2-3-6-17(16)13-18)25(31)23(15)28-27-20-8-4-7-19(24(20)30)21-11-12-22(34-21)26(32)33;/h4,7-14,30-31H,2-3,5-6H2,1H3,(H,32,33);/q;+1/p-1. The predicted octanol–water partition coefficient (Wildman–Crippen LogP) is 2.12. The van der Waals surface area contributed by atoms with Crippen LogP contribution in [0.1, 0.15) is 40.1 Å². The Labute approximate surface area is 223 Å². The number of phenolic OH excluding ortho intramolecular Hbond substituents is 1. The smallest absolute Gasteiger partial charge is 0.542 e. The van der Waals surface area contributed by atoms with Crippen LogP contribution in [-0.4, -0.2) is 20.7 Å². The Kier molecular flexibility index (Phi) is 7.16. The molecule has 1 aliphatic carbocycles. The van der Waals surface area contributed by atoms with Crippen molar-refractivity contribution in [2.24, 2.45) is 10.2 Å². The van der Waals surface area contributed by atoms with Gasteiger partial charge in [-0.15, -0.1) is 10.2 Å². The SMILES string of the molecule is Cc1cn(-c2ccc3c(c2)CCCC3)c(O)c1N=Nc1cccc(-c2ccc(C(=O)[O-])o2)c1O.[Na+]. The molecular formula is C26H22N3NaO5. The number of furan rings is 1. The first-order valence-corrected chi connectivity index (χ1v) is 11.0. The molecule has 0 bridgehead atoms. The molecular weight excluding hydrogens is 457 g/mol. The molecule has 0 atom stereocenters. The second-order valence-corrected chi connectivity index (χ2v) is 8.34. The number of carboxylic acid groups (broad SMARTS) is 1. The maximum atomic E-state index is 11.0. The third-order valence-electron chi connectivity index (χ3n) is 6.09. The third kappa shape index (κ3) is 4.77. The van der Waals surface area contributed by atoms with Gasteiger partial charge in [-0.1, -0.05) is 12.1 Å². The largest absolute Gasteiger partial charge is 1.00 e. The summed E-state index contributed by atoms with van der Waals surface area (Å²) in [5.74, 6) is -1.90. The van der Waals surface area contributed by atoms with Crippen LogP contribution >= 0.6 is 0 Å². The van der Waals surface area contributed by atoms with Crippen molar-refractivity contribution in [1.29, 1.82) is 0 Å². The molecule has 0 spiro atoms. The number of carbonyl (C=O) groups is 1. The summed E-state index contributed by atoms with van der Waals surface area (Å²) in [6.07, 6.45) is 6.29. The van der Waals surface area contributed by atoms with E-state index in [9.17, 15) is 20.1 Å². The number of nitrogens with zero attached hydrogens (tertiary/aromatic N) is 3. The fraction of sp³-hybridized carbons (Fsp3) is 0.192. The average Bonchev–Trinajstić information content (AvgIpc) is 3.43. The minimum absolute atomic E-state index is 0. The molecule has 172 valence electrons. The van der Waals surface area contributed by atoms with Crippen LogP contribution in [0.4, 0.5) is 11.4 Å². The molecule has 2 N–H and O–H groups in total. The van der Waals surface area contributed by atoms with E-state index in [2.05, 4.69) is 22.4 Å². The minimum Gasteiger partial charge on any atom is -0.542 e. The van der Waals surface area contributed by atoms with Crippen LogP contribution in [0.3, 0.4) is 0 Å². The normalized spacial score (nSPS) is 12.9. The number of benzene rings is 2. The minimum atomic E-state index is -1.45. The molecule has 2 aromatic heterocycles. The molecule has 2 aromatic carbocycles. The number of aromatic hydroxyl groups is 2. The van der Waals surface area contributed by atoms with Crippen molar-refractivity contribution in [3.63, 3.8) is 0 Å². The molecule has 0 fully saturated rings. The summed E-state index contributed by atoms with van der Waals surface area (Å²) in [7, 11) is 0. The van der Waals surface area contributed by atoms with Crippen molar-refractivity contribution in [3.05, 3.63) is 77.2 Å². The molecule has 9 heteroatoms. The van der Waals surface area contributed by atoms with E-state index >= 15 is 0 Å². The van der Waals surface area contributed by atoms with Crippen LogP contribution in [0.2, 0.25) is 0 Å². The van der Waals surface area contributed by atoms with E-state index in [4.69, 9.17) is 4.42 Å². The molecule has 1 aliphatic rings. The Hall–Kier alpha value is -3.33. The van der Waals surface area contributed by atoms with E-state index in [0.29, 0.717) is 5.69 Å². The van der Waals surface area contributed by atoms with Gasteiger partial charge in [0.1, 0.15) is 23.2 Å². The number of carboxylic acids is 1. The zero-order valence-corrected chi connectivity index (χ0v) is 21.5. The van der Waals surface area contributed by atoms with E-state index in [0.717, 1.165) is 24.1 Å². The monoisotopic (exact) mass is 479 g/mol. The molecule has 2 heterocycles. The molecule has 8 nitrogen and oxygen atoms in total.